The van der Waals surface area contributed by atoms with E-state index in [1.165, 1.54) is 39.8 Å². The van der Waals surface area contributed by atoms with Crippen LogP contribution in [0.3, 0.4) is 0 Å². The molecular weight excluding hydrogens is 626 g/mol. The van der Waals surface area contributed by atoms with Crippen molar-refractivity contribution in [3.63, 3.8) is 0 Å². The average Bonchev–Trinajstić information content (AvgIpc) is 3.57. The lowest BCUT2D eigenvalue weighted by Crippen LogP contribution is -2.38. The zero-order valence-corrected chi connectivity index (χ0v) is 27.5. The highest BCUT2D eigenvalue weighted by atomic mass is 32.2. The highest BCUT2D eigenvalue weighted by molar-refractivity contribution is 7.92. The first kappa shape index (κ1) is 33.3. The van der Waals surface area contributed by atoms with Gasteiger partial charge in [-0.25, -0.2) is 18.2 Å². The number of benzene rings is 3. The number of likely N-dealkylation sites (tertiary alicyclic amines) is 1. The number of aromatic amines is 1. The van der Waals surface area contributed by atoms with Crippen molar-refractivity contribution in [1.29, 1.82) is 0 Å². The predicted octanol–water partition coefficient (Wildman–Crippen LogP) is 4.82. The van der Waals surface area contributed by atoms with Crippen LogP contribution in [0.4, 0.5) is 16.2 Å². The minimum Gasteiger partial charge on any atom is -0.493 e. The molecule has 13 nitrogen and oxygen atoms in total. The van der Waals surface area contributed by atoms with E-state index < -0.39 is 33.3 Å². The van der Waals surface area contributed by atoms with Gasteiger partial charge in [-0.2, -0.15) is 0 Å². The molecular formula is C33H37N5O8S. The molecule has 0 saturated carbocycles. The van der Waals surface area contributed by atoms with Crippen molar-refractivity contribution in [2.24, 2.45) is 0 Å². The summed E-state index contributed by atoms with van der Waals surface area (Å²) in [6, 6.07) is 13.1. The fraction of sp³-hybridized carbons (Fsp3) is 0.333. The predicted molar refractivity (Wildman–Crippen MR) is 177 cm³/mol. The normalized spacial score (nSPS) is 15.4. The van der Waals surface area contributed by atoms with E-state index >= 15 is 0 Å². The second-order valence-corrected chi connectivity index (χ2v) is 13.8. The molecule has 2 heterocycles. The van der Waals surface area contributed by atoms with E-state index in [0.29, 0.717) is 64.3 Å². The minimum atomic E-state index is -3.77. The van der Waals surface area contributed by atoms with Gasteiger partial charge in [0.2, 0.25) is 5.91 Å². The number of hydrogen-bond donors (Lipinski definition) is 3. The van der Waals surface area contributed by atoms with Gasteiger partial charge in [0.15, 0.2) is 21.3 Å². The van der Waals surface area contributed by atoms with Gasteiger partial charge >= 0.3 is 6.09 Å². The molecule has 0 unspecified atom stereocenters. The molecule has 1 fully saturated rings. The highest BCUT2D eigenvalue weighted by Gasteiger charge is 2.38. The van der Waals surface area contributed by atoms with E-state index in [1.54, 1.807) is 61.2 Å². The Morgan fingerprint density at radius 2 is 1.72 bits per heavy atom. The van der Waals surface area contributed by atoms with Crippen molar-refractivity contribution in [1.82, 2.24) is 14.9 Å². The standard InChI is InChI=1S/C33H37N5O8S/c1-19(2)47(42,43)29-13-10-22(37-33(41)46-5)17-24(29)26-7-6-14-38(26)32(40)30(20-8-12-27(44-3)28(15-20)45-4)36-21-9-11-25-23(16-21)31(39)35-18-34-25/h8-13,15-19,26,30,36H,6-7,14H2,1-5H3,(H,37,41)(H,34,35,39)/t26-,30-/m1/s1. The maximum absolute atomic E-state index is 14.7. The number of carbonyl (C=O) groups excluding carboxylic acids is 2. The molecule has 0 aliphatic carbocycles. The van der Waals surface area contributed by atoms with Crippen LogP contribution < -0.4 is 25.7 Å². The summed E-state index contributed by atoms with van der Waals surface area (Å²) in [5, 5.41) is 5.52. The van der Waals surface area contributed by atoms with Crippen LogP contribution in [0.5, 0.6) is 11.5 Å². The van der Waals surface area contributed by atoms with Gasteiger partial charge < -0.3 is 29.4 Å². The Balaban J connectivity index is 1.61. The van der Waals surface area contributed by atoms with E-state index in [9.17, 15) is 22.8 Å². The number of methoxy groups -OCH3 is 3. The monoisotopic (exact) mass is 663 g/mol. The Labute approximate surface area is 272 Å². The van der Waals surface area contributed by atoms with Gasteiger partial charge in [0.05, 0.1) is 54.7 Å². The fourth-order valence-corrected chi connectivity index (χ4v) is 7.02. The maximum Gasteiger partial charge on any atom is 0.411 e. The summed E-state index contributed by atoms with van der Waals surface area (Å²) in [6.45, 7) is 3.54. The van der Waals surface area contributed by atoms with Crippen LogP contribution in [0, 0.1) is 0 Å². The summed E-state index contributed by atoms with van der Waals surface area (Å²) < 4.78 is 42.8. The molecule has 2 atom stereocenters. The van der Waals surface area contributed by atoms with Gasteiger partial charge in [0, 0.05) is 17.9 Å². The molecule has 3 N–H and O–H groups in total. The van der Waals surface area contributed by atoms with Gasteiger partial charge in [-0.3, -0.25) is 14.9 Å². The number of nitrogens with one attached hydrogen (secondary N) is 3. The molecule has 0 bridgehead atoms. The number of aromatic nitrogens is 2. The number of carbonyl (C=O) groups is 2. The van der Waals surface area contributed by atoms with E-state index in [0.717, 1.165) is 0 Å². The van der Waals surface area contributed by atoms with Crippen LogP contribution in [0.15, 0.2) is 70.6 Å². The van der Waals surface area contributed by atoms with Crippen LogP contribution in [-0.4, -0.2) is 68.4 Å². The first-order valence-corrected chi connectivity index (χ1v) is 16.5. The molecule has 5 rings (SSSR count). The van der Waals surface area contributed by atoms with Crippen LogP contribution in [-0.2, 0) is 19.4 Å². The van der Waals surface area contributed by atoms with Crippen molar-refractivity contribution in [3.8, 4) is 11.5 Å². The van der Waals surface area contributed by atoms with Crippen LogP contribution in [0.1, 0.15) is 49.9 Å². The second kappa shape index (κ2) is 13.7. The number of H-pyrrole nitrogens is 1. The number of hydrogen-bond acceptors (Lipinski definition) is 10. The summed E-state index contributed by atoms with van der Waals surface area (Å²) in [4.78, 5) is 47.8. The highest BCUT2D eigenvalue weighted by Crippen LogP contribution is 2.41. The summed E-state index contributed by atoms with van der Waals surface area (Å²) in [6.07, 6.45) is 1.72. The molecule has 1 aromatic heterocycles. The minimum absolute atomic E-state index is 0.0875. The lowest BCUT2D eigenvalue weighted by Gasteiger charge is -2.32. The first-order chi connectivity index (χ1) is 22.5. The molecule has 1 saturated heterocycles. The maximum atomic E-state index is 14.7. The van der Waals surface area contributed by atoms with Crippen LogP contribution in [0.25, 0.3) is 10.9 Å². The molecule has 14 heteroatoms. The van der Waals surface area contributed by atoms with E-state index in [2.05, 4.69) is 20.6 Å². The SMILES string of the molecule is COC(=O)Nc1ccc(S(=O)(=O)C(C)C)c([C@H]2CCCN2C(=O)[C@H](Nc2ccc3nc[nH]c(=O)c3c2)c2ccc(OC)c(OC)c2)c1. The first-order valence-electron chi connectivity index (χ1n) is 15.0. The average molecular weight is 664 g/mol. The Hall–Kier alpha value is -5.11. The number of ether oxygens (including phenoxy) is 3. The molecule has 248 valence electrons. The molecule has 1 aliphatic heterocycles. The number of nitrogens with zero attached hydrogens (tertiary/aromatic N) is 2. The summed E-state index contributed by atoms with van der Waals surface area (Å²) >= 11 is 0. The third-order valence-electron chi connectivity index (χ3n) is 8.20. The summed E-state index contributed by atoms with van der Waals surface area (Å²) in [5.41, 5.74) is 1.94. The van der Waals surface area contributed by atoms with Crippen LogP contribution >= 0.6 is 0 Å². The lowest BCUT2D eigenvalue weighted by molar-refractivity contribution is -0.133. The molecule has 2 amide bonds. The Kier molecular flexibility index (Phi) is 9.70. The summed E-state index contributed by atoms with van der Waals surface area (Å²) in [5.74, 6) is 0.552. The largest absolute Gasteiger partial charge is 0.493 e. The van der Waals surface area contributed by atoms with E-state index in [4.69, 9.17) is 14.2 Å². The Morgan fingerprint density at radius 1 is 0.979 bits per heavy atom. The van der Waals surface area contributed by atoms with Gasteiger partial charge in [-0.15, -0.1) is 0 Å². The molecule has 4 aromatic rings. The number of rotatable bonds is 10. The third kappa shape index (κ3) is 6.73. The van der Waals surface area contributed by atoms with Crippen molar-refractivity contribution in [2.75, 3.05) is 38.5 Å². The zero-order chi connectivity index (χ0) is 33.9. The smallest absolute Gasteiger partial charge is 0.411 e. The Morgan fingerprint density at radius 3 is 2.43 bits per heavy atom. The van der Waals surface area contributed by atoms with Gasteiger partial charge in [-0.05, 0) is 86.3 Å². The molecule has 0 spiro atoms. The van der Waals surface area contributed by atoms with E-state index in [-0.39, 0.29) is 16.4 Å². The van der Waals surface area contributed by atoms with Crippen molar-refractivity contribution >= 4 is 44.1 Å². The topological polar surface area (TPSA) is 169 Å². The molecule has 1 aliphatic rings. The van der Waals surface area contributed by atoms with Gasteiger partial charge in [0.25, 0.3) is 5.56 Å². The van der Waals surface area contributed by atoms with Gasteiger partial charge in [-0.1, -0.05) is 6.07 Å². The zero-order valence-electron chi connectivity index (χ0n) is 26.7. The third-order valence-corrected chi connectivity index (χ3v) is 10.4. The molecule has 0 radical (unpaired) electrons. The van der Waals surface area contributed by atoms with E-state index in [1.807, 2.05) is 0 Å². The van der Waals surface area contributed by atoms with Crippen LogP contribution in [0.2, 0.25) is 0 Å². The summed E-state index contributed by atoms with van der Waals surface area (Å²) in [7, 11) is 0.468. The lowest BCUT2D eigenvalue weighted by atomic mass is 10.0. The second-order valence-electron chi connectivity index (χ2n) is 11.3. The molecule has 47 heavy (non-hydrogen) atoms. The van der Waals surface area contributed by atoms with Crippen molar-refractivity contribution in [3.05, 3.63) is 82.4 Å². The number of anilines is 2. The van der Waals surface area contributed by atoms with Gasteiger partial charge in [0.1, 0.15) is 6.04 Å². The quantitative estimate of drug-likeness (QED) is 0.214. The Bertz CT molecular complexity index is 1980. The van der Waals surface area contributed by atoms with Crippen molar-refractivity contribution in [2.45, 2.75) is 48.9 Å². The number of sulfone groups is 1. The number of amides is 2. The fourth-order valence-electron chi connectivity index (χ4n) is 5.73. The molecule has 3 aromatic carbocycles. The van der Waals surface area contributed by atoms with Crippen molar-refractivity contribution < 1.29 is 32.2 Å². The number of fused-ring (bicyclic) bond motifs is 1.